The number of alkyl halides is 3. The molecule has 5 nitrogen and oxygen atoms in total. The molecular weight excluding hydrogens is 352 g/mol. The van der Waals surface area contributed by atoms with E-state index in [4.69, 9.17) is 0 Å². The highest BCUT2D eigenvalue weighted by molar-refractivity contribution is 5.78. The van der Waals surface area contributed by atoms with E-state index < -0.39 is 17.6 Å². The molecule has 136 valence electrons. The van der Waals surface area contributed by atoms with Crippen molar-refractivity contribution in [3.63, 3.8) is 0 Å². The Balaban J connectivity index is 1.83. The van der Waals surface area contributed by atoms with Gasteiger partial charge in [0.1, 0.15) is 5.82 Å². The monoisotopic (exact) mass is 366 g/mol. The molecule has 2 N–H and O–H groups in total. The van der Waals surface area contributed by atoms with Crippen LogP contribution in [0.2, 0.25) is 0 Å². The molecule has 0 bridgehead atoms. The summed E-state index contributed by atoms with van der Waals surface area (Å²) >= 11 is 0. The van der Waals surface area contributed by atoms with E-state index in [1.165, 1.54) is 22.9 Å². The maximum atomic E-state index is 14.4. The van der Waals surface area contributed by atoms with Crippen LogP contribution in [0.25, 0.3) is 22.3 Å². The van der Waals surface area contributed by atoms with E-state index in [9.17, 15) is 22.4 Å². The largest absolute Gasteiger partial charge is 0.419 e. The van der Waals surface area contributed by atoms with Gasteiger partial charge < -0.3 is 5.32 Å². The molecule has 0 radical (unpaired) electrons. The van der Waals surface area contributed by atoms with Crippen molar-refractivity contribution in [3.8, 4) is 11.1 Å². The van der Waals surface area contributed by atoms with Gasteiger partial charge in [0.25, 0.3) is 0 Å². The molecule has 0 spiro atoms. The molecule has 1 aliphatic heterocycles. The lowest BCUT2D eigenvalue weighted by atomic mass is 10.0. The van der Waals surface area contributed by atoms with Crippen LogP contribution < -0.4 is 11.0 Å². The number of aromatic amines is 1. The lowest BCUT2D eigenvalue weighted by Gasteiger charge is -2.27. The summed E-state index contributed by atoms with van der Waals surface area (Å²) in [5, 5.41) is 3.18. The zero-order valence-corrected chi connectivity index (χ0v) is 13.4. The molecule has 1 atom stereocenters. The highest BCUT2D eigenvalue weighted by Gasteiger charge is 2.35. The number of halogens is 4. The summed E-state index contributed by atoms with van der Waals surface area (Å²) in [6.07, 6.45) is -2.61. The zero-order chi connectivity index (χ0) is 18.5. The Morgan fingerprint density at radius 1 is 1.31 bits per heavy atom. The van der Waals surface area contributed by atoms with E-state index in [2.05, 4.69) is 15.3 Å². The molecular formula is C17H14F4N4O. The van der Waals surface area contributed by atoms with Crippen LogP contribution in [0.5, 0.6) is 0 Å². The molecule has 1 aromatic carbocycles. The van der Waals surface area contributed by atoms with Crippen molar-refractivity contribution < 1.29 is 17.6 Å². The first-order valence-corrected chi connectivity index (χ1v) is 8.02. The van der Waals surface area contributed by atoms with Gasteiger partial charge in [-0.2, -0.15) is 13.2 Å². The second kappa shape index (κ2) is 5.94. The lowest BCUT2D eigenvalue weighted by molar-refractivity contribution is -0.139. The van der Waals surface area contributed by atoms with E-state index in [0.29, 0.717) is 23.8 Å². The standard InChI is InChI=1S/C17H14F4N4O/c18-14-11(2-1-3-12(14)17(19,20)21)9-6-13-15(23-7-9)24-16(26)25(13)8-10-4-5-22-10/h1-3,6-7,10,22H,4-5,8H2,(H,23,24,26). The first-order chi connectivity index (χ1) is 12.3. The van der Waals surface area contributed by atoms with Gasteiger partial charge >= 0.3 is 11.9 Å². The number of nitrogens with zero attached hydrogens (tertiary/aromatic N) is 2. The van der Waals surface area contributed by atoms with Crippen molar-refractivity contribution in [3.05, 3.63) is 52.3 Å². The minimum Gasteiger partial charge on any atom is -0.312 e. The topological polar surface area (TPSA) is 62.7 Å². The molecule has 0 saturated carbocycles. The van der Waals surface area contributed by atoms with Gasteiger partial charge in [0.2, 0.25) is 0 Å². The average molecular weight is 366 g/mol. The smallest absolute Gasteiger partial charge is 0.312 e. The molecule has 1 unspecified atom stereocenters. The number of pyridine rings is 1. The van der Waals surface area contributed by atoms with Gasteiger partial charge in [-0.1, -0.05) is 12.1 Å². The van der Waals surface area contributed by atoms with Gasteiger partial charge in [0.15, 0.2) is 5.65 Å². The van der Waals surface area contributed by atoms with Crippen molar-refractivity contribution >= 4 is 11.2 Å². The van der Waals surface area contributed by atoms with Crippen molar-refractivity contribution in [2.24, 2.45) is 0 Å². The minimum absolute atomic E-state index is 0.153. The molecule has 2 aromatic heterocycles. The second-order valence-electron chi connectivity index (χ2n) is 6.24. The quantitative estimate of drug-likeness (QED) is 0.701. The summed E-state index contributed by atoms with van der Waals surface area (Å²) in [7, 11) is 0. The molecule has 3 aromatic rings. The van der Waals surface area contributed by atoms with Crippen molar-refractivity contribution in [2.75, 3.05) is 6.54 Å². The van der Waals surface area contributed by atoms with E-state index in [0.717, 1.165) is 19.0 Å². The lowest BCUT2D eigenvalue weighted by Crippen LogP contribution is -2.46. The minimum atomic E-state index is -4.79. The summed E-state index contributed by atoms with van der Waals surface area (Å²) in [5.41, 5.74) is -0.988. The molecule has 1 saturated heterocycles. The molecule has 1 fully saturated rings. The fraction of sp³-hybridized carbons (Fsp3) is 0.294. The molecule has 0 aliphatic carbocycles. The first-order valence-electron chi connectivity index (χ1n) is 8.02. The Kier molecular flexibility index (Phi) is 3.83. The SMILES string of the molecule is O=c1[nH]c2ncc(-c3cccc(C(F)(F)F)c3F)cc2n1CC1CCN1. The van der Waals surface area contributed by atoms with Crippen LogP contribution in [0.1, 0.15) is 12.0 Å². The van der Waals surface area contributed by atoms with Gasteiger partial charge in [0, 0.05) is 29.9 Å². The maximum absolute atomic E-state index is 14.4. The number of fused-ring (bicyclic) bond motifs is 1. The van der Waals surface area contributed by atoms with Gasteiger partial charge in [-0.15, -0.1) is 0 Å². The van der Waals surface area contributed by atoms with Crippen LogP contribution in [0.4, 0.5) is 17.6 Å². The van der Waals surface area contributed by atoms with Gasteiger partial charge in [-0.05, 0) is 25.1 Å². The third-order valence-electron chi connectivity index (χ3n) is 4.57. The number of hydrogen-bond acceptors (Lipinski definition) is 3. The summed E-state index contributed by atoms with van der Waals surface area (Å²) in [5.74, 6) is -1.36. The average Bonchev–Trinajstić information content (AvgIpc) is 2.84. The van der Waals surface area contributed by atoms with Crippen LogP contribution in [-0.4, -0.2) is 27.1 Å². The van der Waals surface area contributed by atoms with E-state index in [-0.39, 0.29) is 22.9 Å². The Bertz CT molecular complexity index is 1030. The third-order valence-corrected chi connectivity index (χ3v) is 4.57. The van der Waals surface area contributed by atoms with Crippen LogP contribution in [-0.2, 0) is 12.7 Å². The molecule has 0 amide bonds. The fourth-order valence-electron chi connectivity index (χ4n) is 3.06. The highest BCUT2D eigenvalue weighted by Crippen LogP contribution is 2.35. The second-order valence-corrected chi connectivity index (χ2v) is 6.24. The summed E-state index contributed by atoms with van der Waals surface area (Å²) in [6, 6.07) is 4.74. The van der Waals surface area contributed by atoms with Crippen LogP contribution in [0.15, 0.2) is 35.3 Å². The molecule has 3 heterocycles. The van der Waals surface area contributed by atoms with Crippen LogP contribution >= 0.6 is 0 Å². The normalized spacial score (nSPS) is 17.5. The third kappa shape index (κ3) is 2.78. The van der Waals surface area contributed by atoms with Gasteiger partial charge in [-0.25, -0.2) is 14.2 Å². The van der Waals surface area contributed by atoms with E-state index in [1.807, 2.05) is 0 Å². The number of nitrogens with one attached hydrogen (secondary N) is 2. The van der Waals surface area contributed by atoms with Gasteiger partial charge in [0.05, 0.1) is 11.1 Å². The molecule has 9 heteroatoms. The molecule has 26 heavy (non-hydrogen) atoms. The Morgan fingerprint density at radius 2 is 2.08 bits per heavy atom. The summed E-state index contributed by atoms with van der Waals surface area (Å²) in [6.45, 7) is 1.29. The molecule has 4 rings (SSSR count). The number of imidazole rings is 1. The van der Waals surface area contributed by atoms with Crippen molar-refractivity contribution in [1.82, 2.24) is 19.9 Å². The highest BCUT2D eigenvalue weighted by atomic mass is 19.4. The van der Waals surface area contributed by atoms with Crippen molar-refractivity contribution in [2.45, 2.75) is 25.2 Å². The Hall–Kier alpha value is -2.68. The number of hydrogen-bond donors (Lipinski definition) is 2. The Morgan fingerprint density at radius 3 is 2.73 bits per heavy atom. The molecule has 1 aliphatic rings. The number of rotatable bonds is 3. The van der Waals surface area contributed by atoms with Crippen LogP contribution in [0.3, 0.4) is 0 Å². The zero-order valence-electron chi connectivity index (χ0n) is 13.4. The number of H-pyrrole nitrogens is 1. The van der Waals surface area contributed by atoms with Gasteiger partial charge in [-0.3, -0.25) is 9.55 Å². The summed E-state index contributed by atoms with van der Waals surface area (Å²) in [4.78, 5) is 18.8. The van der Waals surface area contributed by atoms with Crippen LogP contribution in [0, 0.1) is 5.82 Å². The van der Waals surface area contributed by atoms with E-state index in [1.54, 1.807) is 0 Å². The maximum Gasteiger partial charge on any atom is 0.419 e. The predicted octanol–water partition coefficient (Wildman–Crippen LogP) is 2.91. The van der Waals surface area contributed by atoms with E-state index >= 15 is 0 Å². The first kappa shape index (κ1) is 16.8. The fourth-order valence-corrected chi connectivity index (χ4v) is 3.06. The Labute approximate surface area is 144 Å². The summed E-state index contributed by atoms with van der Waals surface area (Å²) < 4.78 is 54.7. The predicted molar refractivity (Wildman–Crippen MR) is 87.2 cm³/mol. The van der Waals surface area contributed by atoms with Crippen molar-refractivity contribution in [1.29, 1.82) is 0 Å². The number of aromatic nitrogens is 3. The number of benzene rings is 1.